The summed E-state index contributed by atoms with van der Waals surface area (Å²) in [4.78, 5) is 17.1. The maximum Gasteiger partial charge on any atom is 0.238 e. The van der Waals surface area contributed by atoms with E-state index in [2.05, 4.69) is 4.98 Å². The highest BCUT2D eigenvalue weighted by Crippen LogP contribution is 2.17. The van der Waals surface area contributed by atoms with Gasteiger partial charge in [0.05, 0.1) is 6.04 Å². The number of pyridine rings is 1. The molecule has 0 saturated heterocycles. The summed E-state index contributed by atoms with van der Waals surface area (Å²) in [5, 5.41) is 0. The first kappa shape index (κ1) is 13.6. The van der Waals surface area contributed by atoms with Crippen molar-refractivity contribution in [3.05, 3.63) is 30.1 Å². The van der Waals surface area contributed by atoms with E-state index >= 15 is 0 Å². The Balaban J connectivity index is 2.77. The number of carbonyl (C=O) groups is 1. The fourth-order valence-corrected chi connectivity index (χ4v) is 2.04. The highest BCUT2D eigenvalue weighted by atomic mass is 32.2. The van der Waals surface area contributed by atoms with E-state index in [0.717, 1.165) is 11.8 Å². The average molecular weight is 256 g/mol. The molecule has 6 heteroatoms. The second kappa shape index (κ2) is 5.27. The molecule has 0 fully saturated rings. The first-order chi connectivity index (χ1) is 7.81. The zero-order valence-electron chi connectivity index (χ0n) is 10.1. The van der Waals surface area contributed by atoms with Crippen LogP contribution in [-0.2, 0) is 14.6 Å². The van der Waals surface area contributed by atoms with Gasteiger partial charge in [-0.25, -0.2) is 8.42 Å². The molecule has 0 aliphatic carbocycles. The predicted molar refractivity (Wildman–Crippen MR) is 65.1 cm³/mol. The van der Waals surface area contributed by atoms with Crippen LogP contribution < -0.4 is 0 Å². The van der Waals surface area contributed by atoms with E-state index in [0.29, 0.717) is 0 Å². The van der Waals surface area contributed by atoms with Crippen molar-refractivity contribution in [2.75, 3.05) is 19.1 Å². The summed E-state index contributed by atoms with van der Waals surface area (Å²) in [6, 6.07) is 3.43. The minimum absolute atomic E-state index is 0.196. The number of hydrogen-bond acceptors (Lipinski definition) is 4. The SMILES string of the molecule is CC(c1cccnc1)N(C)C(=O)CS(C)(=O)=O. The molecule has 0 aliphatic heterocycles. The molecule has 17 heavy (non-hydrogen) atoms. The van der Waals surface area contributed by atoms with Crippen LogP contribution in [0, 0.1) is 0 Å². The summed E-state index contributed by atoms with van der Waals surface area (Å²) in [7, 11) is -1.70. The van der Waals surface area contributed by atoms with Crippen LogP contribution in [-0.4, -0.2) is 43.3 Å². The van der Waals surface area contributed by atoms with Crippen LogP contribution in [0.15, 0.2) is 24.5 Å². The molecule has 5 nitrogen and oxygen atoms in total. The molecular weight excluding hydrogens is 240 g/mol. The molecule has 1 unspecified atom stereocenters. The molecule has 1 aromatic rings. The van der Waals surface area contributed by atoms with Crippen molar-refractivity contribution in [2.24, 2.45) is 0 Å². The number of carbonyl (C=O) groups excluding carboxylic acids is 1. The highest BCUT2D eigenvalue weighted by Gasteiger charge is 2.20. The van der Waals surface area contributed by atoms with Crippen molar-refractivity contribution in [1.29, 1.82) is 0 Å². The standard InChI is InChI=1S/C11H16N2O3S/c1-9(10-5-4-6-12-7-10)13(2)11(14)8-17(3,15)16/h4-7,9H,8H2,1-3H3. The summed E-state index contributed by atoms with van der Waals surface area (Å²) in [5.41, 5.74) is 0.872. The molecule has 1 amide bonds. The van der Waals surface area contributed by atoms with E-state index in [1.165, 1.54) is 4.90 Å². The van der Waals surface area contributed by atoms with Gasteiger partial charge in [-0.1, -0.05) is 6.07 Å². The largest absolute Gasteiger partial charge is 0.338 e. The highest BCUT2D eigenvalue weighted by molar-refractivity contribution is 7.91. The van der Waals surface area contributed by atoms with Gasteiger partial charge in [-0.3, -0.25) is 9.78 Å². The van der Waals surface area contributed by atoms with Crippen LogP contribution in [0.3, 0.4) is 0 Å². The maximum atomic E-state index is 11.7. The van der Waals surface area contributed by atoms with E-state index in [-0.39, 0.29) is 6.04 Å². The van der Waals surface area contributed by atoms with Gasteiger partial charge in [0.25, 0.3) is 0 Å². The third kappa shape index (κ3) is 4.14. The zero-order valence-corrected chi connectivity index (χ0v) is 10.9. The number of hydrogen-bond donors (Lipinski definition) is 0. The van der Waals surface area contributed by atoms with E-state index in [1.807, 2.05) is 13.0 Å². The first-order valence-electron chi connectivity index (χ1n) is 5.14. The average Bonchev–Trinajstić information content (AvgIpc) is 2.26. The Labute approximate surface area is 101 Å². The predicted octanol–water partition coefficient (Wildman–Crippen LogP) is 0.646. The van der Waals surface area contributed by atoms with Crippen molar-refractivity contribution < 1.29 is 13.2 Å². The fourth-order valence-electron chi connectivity index (χ4n) is 1.39. The Morgan fingerprint density at radius 3 is 2.65 bits per heavy atom. The number of sulfone groups is 1. The molecule has 1 heterocycles. The molecule has 0 aromatic carbocycles. The molecule has 0 spiro atoms. The molecule has 0 bridgehead atoms. The normalized spacial score (nSPS) is 13.1. The monoisotopic (exact) mass is 256 g/mol. The summed E-state index contributed by atoms with van der Waals surface area (Å²) in [6.45, 7) is 1.83. The molecule has 0 N–H and O–H groups in total. The zero-order chi connectivity index (χ0) is 13.1. The molecule has 0 saturated carbocycles. The number of rotatable bonds is 4. The van der Waals surface area contributed by atoms with Gasteiger partial charge in [0.2, 0.25) is 5.91 Å². The van der Waals surface area contributed by atoms with Gasteiger partial charge in [-0.15, -0.1) is 0 Å². The van der Waals surface area contributed by atoms with E-state index in [1.54, 1.807) is 25.5 Å². The summed E-state index contributed by atoms with van der Waals surface area (Å²) in [6.07, 6.45) is 4.36. The third-order valence-corrected chi connectivity index (χ3v) is 3.30. The molecular formula is C11H16N2O3S. The summed E-state index contributed by atoms with van der Waals surface area (Å²) >= 11 is 0. The van der Waals surface area contributed by atoms with Gasteiger partial charge >= 0.3 is 0 Å². The van der Waals surface area contributed by atoms with Crippen molar-refractivity contribution in [2.45, 2.75) is 13.0 Å². The lowest BCUT2D eigenvalue weighted by atomic mass is 10.1. The van der Waals surface area contributed by atoms with Crippen molar-refractivity contribution >= 4 is 15.7 Å². The quantitative estimate of drug-likeness (QED) is 0.793. The van der Waals surface area contributed by atoms with Crippen LogP contribution in [0.4, 0.5) is 0 Å². The molecule has 0 radical (unpaired) electrons. The fraction of sp³-hybridized carbons (Fsp3) is 0.455. The van der Waals surface area contributed by atoms with Crippen molar-refractivity contribution in [1.82, 2.24) is 9.88 Å². The van der Waals surface area contributed by atoms with Crippen LogP contribution in [0.5, 0.6) is 0 Å². The van der Waals surface area contributed by atoms with Crippen LogP contribution in [0.2, 0.25) is 0 Å². The Morgan fingerprint density at radius 2 is 2.18 bits per heavy atom. The Kier molecular flexibility index (Phi) is 4.22. The third-order valence-electron chi connectivity index (χ3n) is 2.53. The molecule has 1 rings (SSSR count). The molecule has 94 valence electrons. The van der Waals surface area contributed by atoms with Gasteiger partial charge in [0.1, 0.15) is 5.75 Å². The Bertz CT molecular complexity index is 485. The maximum absolute atomic E-state index is 11.7. The number of amides is 1. The Morgan fingerprint density at radius 1 is 1.53 bits per heavy atom. The summed E-state index contributed by atoms with van der Waals surface area (Å²) < 4.78 is 22.1. The minimum Gasteiger partial charge on any atom is -0.338 e. The lowest BCUT2D eigenvalue weighted by Gasteiger charge is -2.24. The van der Waals surface area contributed by atoms with Gasteiger partial charge in [-0.05, 0) is 18.6 Å². The first-order valence-corrected chi connectivity index (χ1v) is 7.20. The molecule has 1 aromatic heterocycles. The van der Waals surface area contributed by atoms with Gasteiger partial charge in [0.15, 0.2) is 9.84 Å². The number of aromatic nitrogens is 1. The van der Waals surface area contributed by atoms with Crippen LogP contribution in [0.25, 0.3) is 0 Å². The smallest absolute Gasteiger partial charge is 0.238 e. The van der Waals surface area contributed by atoms with Gasteiger partial charge < -0.3 is 4.90 Å². The van der Waals surface area contributed by atoms with Crippen molar-refractivity contribution in [3.8, 4) is 0 Å². The summed E-state index contributed by atoms with van der Waals surface area (Å²) in [5.74, 6) is -0.877. The number of nitrogens with zero attached hydrogens (tertiary/aromatic N) is 2. The topological polar surface area (TPSA) is 67.3 Å². The van der Waals surface area contributed by atoms with Crippen LogP contribution in [0.1, 0.15) is 18.5 Å². The van der Waals surface area contributed by atoms with Crippen molar-refractivity contribution in [3.63, 3.8) is 0 Å². The second-order valence-electron chi connectivity index (χ2n) is 4.04. The second-order valence-corrected chi connectivity index (χ2v) is 6.18. The molecule has 0 aliphatic rings. The molecule has 1 atom stereocenters. The van der Waals surface area contributed by atoms with E-state index in [4.69, 9.17) is 0 Å². The van der Waals surface area contributed by atoms with E-state index < -0.39 is 21.5 Å². The van der Waals surface area contributed by atoms with Gasteiger partial charge in [-0.2, -0.15) is 0 Å². The lowest BCUT2D eigenvalue weighted by Crippen LogP contribution is -2.34. The lowest BCUT2D eigenvalue weighted by molar-refractivity contribution is -0.129. The Hall–Kier alpha value is -1.43. The van der Waals surface area contributed by atoms with E-state index in [9.17, 15) is 13.2 Å². The van der Waals surface area contributed by atoms with Crippen LogP contribution >= 0.6 is 0 Å². The minimum atomic E-state index is -3.29. The van der Waals surface area contributed by atoms with Gasteiger partial charge in [0, 0.05) is 25.7 Å².